The number of phenols is 1. The highest BCUT2D eigenvalue weighted by Gasteiger charge is 2.26. The van der Waals surface area contributed by atoms with Crippen LogP contribution in [-0.4, -0.2) is 17.1 Å². The number of halogens is 1. The highest BCUT2D eigenvalue weighted by molar-refractivity contribution is 5.73. The number of aromatic nitrogens is 1. The first-order valence-electron chi connectivity index (χ1n) is 4.70. The van der Waals surface area contributed by atoms with Crippen LogP contribution in [0.1, 0.15) is 0 Å². The maximum absolute atomic E-state index is 13.7. The number of nitrogen functional groups attached to an aromatic ring is 1. The Morgan fingerprint density at radius 2 is 2.18 bits per heavy atom. The van der Waals surface area contributed by atoms with Crippen LogP contribution in [0, 0.1) is 5.82 Å². The quantitative estimate of drug-likeness (QED) is 0.782. The largest absolute Gasteiger partial charge is 0.504 e. The summed E-state index contributed by atoms with van der Waals surface area (Å²) in [6, 6.07) is 2.79. The van der Waals surface area contributed by atoms with Gasteiger partial charge in [-0.3, -0.25) is 0 Å². The average Bonchev–Trinajstić information content (AvgIpc) is 2.91. The molecule has 0 saturated heterocycles. The summed E-state index contributed by atoms with van der Waals surface area (Å²) in [5, 5.41) is 13.3. The summed E-state index contributed by atoms with van der Waals surface area (Å²) in [4.78, 5) is 0. The number of nitrogens with two attached hydrogens (primary N) is 1. The Morgan fingerprint density at radius 3 is 2.88 bits per heavy atom. The van der Waals surface area contributed by atoms with Crippen molar-refractivity contribution in [2.75, 3.05) is 12.5 Å². The first-order chi connectivity index (χ1) is 8.16. The van der Waals surface area contributed by atoms with Gasteiger partial charge in [0, 0.05) is 6.07 Å². The first-order valence-corrected chi connectivity index (χ1v) is 4.70. The molecule has 0 aliphatic carbocycles. The van der Waals surface area contributed by atoms with Crippen LogP contribution in [0.4, 0.5) is 10.3 Å². The fraction of sp³-hybridized carbons (Fsp3) is 0.100. The molecule has 0 atom stereocenters. The van der Waals surface area contributed by atoms with Crippen LogP contribution in [0.15, 0.2) is 16.7 Å². The van der Waals surface area contributed by atoms with Crippen molar-refractivity contribution >= 4 is 5.88 Å². The molecule has 0 unspecified atom stereocenters. The lowest BCUT2D eigenvalue weighted by Crippen LogP contribution is -1.93. The lowest BCUT2D eigenvalue weighted by molar-refractivity contribution is 0.170. The van der Waals surface area contributed by atoms with Gasteiger partial charge in [-0.25, -0.2) is 0 Å². The van der Waals surface area contributed by atoms with E-state index in [0.29, 0.717) is 0 Å². The van der Waals surface area contributed by atoms with Crippen LogP contribution in [0.3, 0.4) is 0 Å². The molecule has 17 heavy (non-hydrogen) atoms. The van der Waals surface area contributed by atoms with Crippen molar-refractivity contribution in [3.63, 3.8) is 0 Å². The van der Waals surface area contributed by atoms with E-state index in [-0.39, 0.29) is 35.4 Å². The lowest BCUT2D eigenvalue weighted by atomic mass is 10.1. The van der Waals surface area contributed by atoms with Gasteiger partial charge in [-0.15, -0.1) is 0 Å². The minimum atomic E-state index is -0.892. The van der Waals surface area contributed by atoms with Crippen molar-refractivity contribution in [3.05, 3.63) is 17.9 Å². The van der Waals surface area contributed by atoms with Gasteiger partial charge in [-0.2, -0.15) is 4.39 Å². The van der Waals surface area contributed by atoms with E-state index in [1.54, 1.807) is 0 Å². The van der Waals surface area contributed by atoms with E-state index in [1.165, 1.54) is 12.1 Å². The highest BCUT2D eigenvalue weighted by Crippen LogP contribution is 2.44. The van der Waals surface area contributed by atoms with E-state index >= 15 is 0 Å². The van der Waals surface area contributed by atoms with Crippen molar-refractivity contribution in [2.24, 2.45) is 0 Å². The molecule has 0 radical (unpaired) electrons. The standard InChI is InChI=1S/C10H7FN2O4/c11-8-9(14)4(5-2-7(12)17-13-5)1-6-10(8)16-3-15-6/h1-2,14H,3,12H2. The minimum absolute atomic E-state index is 0.0671. The van der Waals surface area contributed by atoms with Gasteiger partial charge in [-0.1, -0.05) is 5.16 Å². The molecule has 3 N–H and O–H groups in total. The number of hydrogen-bond acceptors (Lipinski definition) is 6. The predicted octanol–water partition coefficient (Wildman–Crippen LogP) is 1.50. The van der Waals surface area contributed by atoms with Crippen LogP contribution in [0.5, 0.6) is 17.2 Å². The smallest absolute Gasteiger partial charge is 0.231 e. The van der Waals surface area contributed by atoms with Crippen molar-refractivity contribution in [1.82, 2.24) is 5.16 Å². The maximum Gasteiger partial charge on any atom is 0.231 e. The molecule has 1 aromatic carbocycles. The van der Waals surface area contributed by atoms with Gasteiger partial charge in [0.15, 0.2) is 11.5 Å². The molecule has 3 rings (SSSR count). The Hall–Kier alpha value is -2.44. The Labute approximate surface area is 94.3 Å². The third kappa shape index (κ3) is 1.36. The van der Waals surface area contributed by atoms with Gasteiger partial charge < -0.3 is 24.8 Å². The van der Waals surface area contributed by atoms with Crippen LogP contribution in [0.2, 0.25) is 0 Å². The summed E-state index contributed by atoms with van der Waals surface area (Å²) in [6.45, 7) is -0.0872. The molecule has 7 heteroatoms. The molecule has 2 aromatic rings. The zero-order chi connectivity index (χ0) is 12.0. The number of anilines is 1. The number of nitrogens with zero attached hydrogens (tertiary/aromatic N) is 1. The third-order valence-electron chi connectivity index (χ3n) is 2.38. The van der Waals surface area contributed by atoms with E-state index in [1.807, 2.05) is 0 Å². The summed E-state index contributed by atoms with van der Waals surface area (Å²) >= 11 is 0. The summed E-state index contributed by atoms with van der Waals surface area (Å²) < 4.78 is 28.3. The molecule has 0 amide bonds. The molecule has 6 nitrogen and oxygen atoms in total. The summed E-state index contributed by atoms with van der Waals surface area (Å²) in [5.41, 5.74) is 5.71. The summed E-state index contributed by atoms with van der Waals surface area (Å²) in [5.74, 6) is -1.31. The summed E-state index contributed by atoms with van der Waals surface area (Å²) in [7, 11) is 0. The highest BCUT2D eigenvalue weighted by atomic mass is 19.1. The van der Waals surface area contributed by atoms with Gasteiger partial charge in [0.2, 0.25) is 24.2 Å². The number of benzene rings is 1. The van der Waals surface area contributed by atoms with E-state index < -0.39 is 11.6 Å². The van der Waals surface area contributed by atoms with E-state index in [2.05, 4.69) is 9.68 Å². The van der Waals surface area contributed by atoms with Crippen molar-refractivity contribution in [2.45, 2.75) is 0 Å². The van der Waals surface area contributed by atoms with Gasteiger partial charge in [0.1, 0.15) is 5.69 Å². The molecule has 0 spiro atoms. The predicted molar refractivity (Wildman–Crippen MR) is 54.1 cm³/mol. The molecule has 1 aromatic heterocycles. The van der Waals surface area contributed by atoms with E-state index in [9.17, 15) is 9.50 Å². The lowest BCUT2D eigenvalue weighted by Gasteiger charge is -2.04. The number of fused-ring (bicyclic) bond motifs is 1. The van der Waals surface area contributed by atoms with Crippen molar-refractivity contribution in [3.8, 4) is 28.5 Å². The fourth-order valence-electron chi connectivity index (χ4n) is 1.60. The number of phenolic OH excluding ortho intramolecular Hbond substituents is 1. The second-order valence-electron chi connectivity index (χ2n) is 3.44. The van der Waals surface area contributed by atoms with E-state index in [4.69, 9.17) is 15.2 Å². The Kier molecular flexibility index (Phi) is 1.88. The molecule has 0 saturated carbocycles. The SMILES string of the molecule is Nc1cc(-c2cc3c(c(F)c2O)OCO3)no1. The van der Waals surface area contributed by atoms with Crippen LogP contribution in [-0.2, 0) is 0 Å². The Morgan fingerprint density at radius 1 is 1.35 bits per heavy atom. The number of aromatic hydroxyl groups is 1. The zero-order valence-electron chi connectivity index (χ0n) is 8.44. The first kappa shape index (κ1) is 9.76. The molecule has 0 bridgehead atoms. The molecule has 88 valence electrons. The van der Waals surface area contributed by atoms with E-state index in [0.717, 1.165) is 0 Å². The number of hydrogen-bond donors (Lipinski definition) is 2. The third-order valence-corrected chi connectivity index (χ3v) is 2.38. The topological polar surface area (TPSA) is 90.7 Å². The fourth-order valence-corrected chi connectivity index (χ4v) is 1.60. The molecular formula is C10H7FN2O4. The number of rotatable bonds is 1. The summed E-state index contributed by atoms with van der Waals surface area (Å²) in [6.07, 6.45) is 0. The normalized spacial score (nSPS) is 13.0. The van der Waals surface area contributed by atoms with Crippen molar-refractivity contribution in [1.29, 1.82) is 0 Å². The maximum atomic E-state index is 13.7. The average molecular weight is 238 g/mol. The molecular weight excluding hydrogens is 231 g/mol. The van der Waals surface area contributed by atoms with Gasteiger partial charge in [-0.05, 0) is 6.07 Å². The second kappa shape index (κ2) is 3.27. The molecule has 2 heterocycles. The molecule has 0 fully saturated rings. The van der Waals surface area contributed by atoms with Crippen LogP contribution in [0.25, 0.3) is 11.3 Å². The van der Waals surface area contributed by atoms with Gasteiger partial charge >= 0.3 is 0 Å². The monoisotopic (exact) mass is 238 g/mol. The Bertz CT molecular complexity index is 596. The Balaban J connectivity index is 2.21. The van der Waals surface area contributed by atoms with Crippen LogP contribution >= 0.6 is 0 Å². The molecule has 1 aliphatic heterocycles. The minimum Gasteiger partial charge on any atom is -0.504 e. The number of ether oxygens (including phenoxy) is 2. The van der Waals surface area contributed by atoms with Gasteiger partial charge in [0.25, 0.3) is 0 Å². The zero-order valence-corrected chi connectivity index (χ0v) is 8.44. The van der Waals surface area contributed by atoms with Crippen molar-refractivity contribution < 1.29 is 23.5 Å². The van der Waals surface area contributed by atoms with Crippen LogP contribution < -0.4 is 15.2 Å². The second-order valence-corrected chi connectivity index (χ2v) is 3.44. The molecule has 1 aliphatic rings. The van der Waals surface area contributed by atoms with Gasteiger partial charge in [0.05, 0.1) is 5.56 Å².